The second-order valence-electron chi connectivity index (χ2n) is 3.93. The Hall–Kier alpha value is -1.52. The predicted octanol–water partition coefficient (Wildman–Crippen LogP) is 2.59. The van der Waals surface area contributed by atoms with Crippen molar-refractivity contribution in [2.24, 2.45) is 5.73 Å². The van der Waals surface area contributed by atoms with Crippen LogP contribution in [0.2, 0.25) is 0 Å². The maximum Gasteiger partial charge on any atom is 0.127 e. The lowest BCUT2D eigenvalue weighted by molar-refractivity contribution is 0.610. The van der Waals surface area contributed by atoms with Crippen LogP contribution in [-0.4, -0.2) is 4.21 Å². The number of hydrogen-bond donors (Lipinski definition) is 1. The Morgan fingerprint density at radius 2 is 1.83 bits per heavy atom. The Labute approximate surface area is 108 Å². The highest BCUT2D eigenvalue weighted by Gasteiger charge is 2.07. The molecule has 0 aliphatic rings. The van der Waals surface area contributed by atoms with Gasteiger partial charge in [0.25, 0.3) is 0 Å². The van der Waals surface area contributed by atoms with Crippen LogP contribution in [0.1, 0.15) is 11.1 Å². The van der Waals surface area contributed by atoms with Crippen LogP contribution < -0.4 is 5.73 Å². The molecule has 0 heterocycles. The Morgan fingerprint density at radius 3 is 2.50 bits per heavy atom. The third kappa shape index (κ3) is 3.03. The first-order valence-corrected chi connectivity index (χ1v) is 6.93. The van der Waals surface area contributed by atoms with Crippen molar-refractivity contribution >= 4 is 10.8 Å². The van der Waals surface area contributed by atoms with E-state index in [-0.39, 0.29) is 12.4 Å². The van der Waals surface area contributed by atoms with Crippen LogP contribution in [0.25, 0.3) is 0 Å². The van der Waals surface area contributed by atoms with Crippen molar-refractivity contribution in [1.29, 1.82) is 0 Å². The van der Waals surface area contributed by atoms with Gasteiger partial charge < -0.3 is 5.73 Å². The number of halogens is 1. The third-order valence-corrected chi connectivity index (χ3v) is 4.03. The SMILES string of the molecule is NCc1cc(CS(=O)c2ccccc2)ccc1F. The first-order chi connectivity index (χ1) is 8.70. The van der Waals surface area contributed by atoms with Crippen LogP contribution in [0.5, 0.6) is 0 Å². The summed E-state index contributed by atoms with van der Waals surface area (Å²) in [5, 5.41) is 0. The van der Waals surface area contributed by atoms with Crippen LogP contribution in [0.4, 0.5) is 4.39 Å². The molecule has 1 atom stereocenters. The number of hydrogen-bond acceptors (Lipinski definition) is 2. The molecule has 2 rings (SSSR count). The van der Waals surface area contributed by atoms with E-state index in [2.05, 4.69) is 0 Å². The fourth-order valence-electron chi connectivity index (χ4n) is 1.68. The summed E-state index contributed by atoms with van der Waals surface area (Å²) in [4.78, 5) is 0.774. The molecule has 1 unspecified atom stereocenters. The second-order valence-corrected chi connectivity index (χ2v) is 5.38. The molecule has 4 heteroatoms. The van der Waals surface area contributed by atoms with E-state index in [0.717, 1.165) is 10.5 Å². The summed E-state index contributed by atoms with van der Waals surface area (Å²) >= 11 is 0. The summed E-state index contributed by atoms with van der Waals surface area (Å²) in [6, 6.07) is 13.9. The van der Waals surface area contributed by atoms with Crippen molar-refractivity contribution in [1.82, 2.24) is 0 Å². The predicted molar refractivity (Wildman–Crippen MR) is 70.8 cm³/mol. The molecule has 18 heavy (non-hydrogen) atoms. The molecular weight excluding hydrogens is 249 g/mol. The molecule has 2 aromatic carbocycles. The molecule has 2 N–H and O–H groups in total. The zero-order valence-corrected chi connectivity index (χ0v) is 10.6. The lowest BCUT2D eigenvalue weighted by Crippen LogP contribution is -2.02. The molecule has 0 aliphatic carbocycles. The number of benzene rings is 2. The van der Waals surface area contributed by atoms with Gasteiger partial charge >= 0.3 is 0 Å². The van der Waals surface area contributed by atoms with Gasteiger partial charge in [-0.1, -0.05) is 30.3 Å². The normalized spacial score (nSPS) is 12.3. The Bertz CT molecular complexity index is 557. The van der Waals surface area contributed by atoms with E-state index in [9.17, 15) is 8.60 Å². The molecule has 0 radical (unpaired) electrons. The van der Waals surface area contributed by atoms with Crippen LogP contribution in [0.15, 0.2) is 53.4 Å². The minimum atomic E-state index is -1.11. The fourth-order valence-corrected chi connectivity index (χ4v) is 2.79. The topological polar surface area (TPSA) is 43.1 Å². The lowest BCUT2D eigenvalue weighted by atomic mass is 10.1. The first kappa shape index (κ1) is 12.9. The molecule has 0 spiro atoms. The molecule has 0 fully saturated rings. The van der Waals surface area contributed by atoms with Crippen LogP contribution in [0.3, 0.4) is 0 Å². The Morgan fingerprint density at radius 1 is 1.11 bits per heavy atom. The highest BCUT2D eigenvalue weighted by atomic mass is 32.2. The molecular formula is C14H14FNOS. The standard InChI is InChI=1S/C14H14FNOS/c15-14-7-6-11(8-12(14)9-16)10-18(17)13-4-2-1-3-5-13/h1-8H,9-10,16H2. The zero-order valence-electron chi connectivity index (χ0n) is 9.80. The van der Waals surface area contributed by atoms with Gasteiger partial charge in [-0.25, -0.2) is 4.39 Å². The van der Waals surface area contributed by atoms with E-state index in [1.807, 2.05) is 30.3 Å². The molecule has 94 valence electrons. The number of nitrogens with two attached hydrogens (primary N) is 1. The molecule has 2 aromatic rings. The van der Waals surface area contributed by atoms with Gasteiger partial charge in [-0.15, -0.1) is 0 Å². The van der Waals surface area contributed by atoms with Crippen molar-refractivity contribution in [3.63, 3.8) is 0 Å². The minimum absolute atomic E-state index is 0.150. The lowest BCUT2D eigenvalue weighted by Gasteiger charge is -2.05. The van der Waals surface area contributed by atoms with E-state index in [0.29, 0.717) is 11.3 Å². The van der Waals surface area contributed by atoms with Crippen molar-refractivity contribution in [2.45, 2.75) is 17.2 Å². The molecule has 0 saturated carbocycles. The van der Waals surface area contributed by atoms with Gasteiger partial charge in [0.2, 0.25) is 0 Å². The van der Waals surface area contributed by atoms with Gasteiger partial charge in [-0.05, 0) is 23.8 Å². The smallest absolute Gasteiger partial charge is 0.127 e. The molecule has 0 amide bonds. The van der Waals surface area contributed by atoms with Gasteiger partial charge in [0, 0.05) is 17.0 Å². The summed E-state index contributed by atoms with van der Waals surface area (Å²) in [6.07, 6.45) is 0. The zero-order chi connectivity index (χ0) is 13.0. The average molecular weight is 263 g/mol. The monoisotopic (exact) mass is 263 g/mol. The van der Waals surface area contributed by atoms with Gasteiger partial charge in [0.05, 0.1) is 16.6 Å². The summed E-state index contributed by atoms with van der Waals surface area (Å²) < 4.78 is 25.4. The van der Waals surface area contributed by atoms with Crippen LogP contribution >= 0.6 is 0 Å². The van der Waals surface area contributed by atoms with E-state index in [1.165, 1.54) is 6.07 Å². The molecule has 0 aliphatic heterocycles. The van der Waals surface area contributed by atoms with Gasteiger partial charge in [-0.3, -0.25) is 4.21 Å². The summed E-state index contributed by atoms with van der Waals surface area (Å²) in [5.41, 5.74) is 6.73. The Balaban J connectivity index is 2.17. The van der Waals surface area contributed by atoms with Gasteiger partial charge in [0.15, 0.2) is 0 Å². The molecule has 0 aromatic heterocycles. The van der Waals surface area contributed by atoms with Crippen molar-refractivity contribution < 1.29 is 8.60 Å². The Kier molecular flexibility index (Phi) is 4.23. The van der Waals surface area contributed by atoms with Gasteiger partial charge in [-0.2, -0.15) is 0 Å². The van der Waals surface area contributed by atoms with Crippen molar-refractivity contribution in [3.05, 3.63) is 65.5 Å². The molecule has 0 saturated heterocycles. The first-order valence-electron chi connectivity index (χ1n) is 5.61. The average Bonchev–Trinajstić information content (AvgIpc) is 2.42. The second kappa shape index (κ2) is 5.89. The fraction of sp³-hybridized carbons (Fsp3) is 0.143. The summed E-state index contributed by atoms with van der Waals surface area (Å²) in [7, 11) is -1.11. The maximum atomic E-state index is 13.3. The van der Waals surface area contributed by atoms with E-state index >= 15 is 0 Å². The number of rotatable bonds is 4. The minimum Gasteiger partial charge on any atom is -0.326 e. The van der Waals surface area contributed by atoms with Crippen molar-refractivity contribution in [2.75, 3.05) is 0 Å². The largest absolute Gasteiger partial charge is 0.326 e. The maximum absolute atomic E-state index is 13.3. The summed E-state index contributed by atoms with van der Waals surface area (Å²) in [6.45, 7) is 0.150. The molecule has 0 bridgehead atoms. The summed E-state index contributed by atoms with van der Waals surface area (Å²) in [5.74, 6) is 0.0591. The highest BCUT2D eigenvalue weighted by molar-refractivity contribution is 7.84. The van der Waals surface area contributed by atoms with E-state index in [4.69, 9.17) is 5.73 Å². The van der Waals surface area contributed by atoms with Crippen molar-refractivity contribution in [3.8, 4) is 0 Å². The third-order valence-electron chi connectivity index (χ3n) is 2.63. The quantitative estimate of drug-likeness (QED) is 0.921. The highest BCUT2D eigenvalue weighted by Crippen LogP contribution is 2.15. The van der Waals surface area contributed by atoms with E-state index in [1.54, 1.807) is 12.1 Å². The van der Waals surface area contributed by atoms with Gasteiger partial charge in [0.1, 0.15) is 5.82 Å². The van der Waals surface area contributed by atoms with E-state index < -0.39 is 10.8 Å². The van der Waals surface area contributed by atoms with Crippen LogP contribution in [-0.2, 0) is 23.1 Å². The van der Waals surface area contributed by atoms with Crippen LogP contribution in [0, 0.1) is 5.82 Å². The molecule has 2 nitrogen and oxygen atoms in total.